The summed E-state index contributed by atoms with van der Waals surface area (Å²) in [5, 5.41) is 6.03. The molecule has 3 rings (SSSR count). The smallest absolute Gasteiger partial charge is 0.253 e. The molecule has 0 spiro atoms. The molecule has 7 nitrogen and oxygen atoms in total. The molecule has 0 fully saturated rings. The molecule has 9 heteroatoms. The van der Waals surface area contributed by atoms with Crippen molar-refractivity contribution in [2.24, 2.45) is 0 Å². The van der Waals surface area contributed by atoms with Gasteiger partial charge in [-0.15, -0.1) is 0 Å². The van der Waals surface area contributed by atoms with Gasteiger partial charge in [0.2, 0.25) is 15.9 Å². The van der Waals surface area contributed by atoms with E-state index < -0.39 is 22.0 Å². The Labute approximate surface area is 204 Å². The van der Waals surface area contributed by atoms with Crippen LogP contribution in [0.15, 0.2) is 78.9 Å². The third kappa shape index (κ3) is 6.36. The van der Waals surface area contributed by atoms with Crippen molar-refractivity contribution in [3.63, 3.8) is 0 Å². The van der Waals surface area contributed by atoms with E-state index in [2.05, 4.69) is 10.6 Å². The van der Waals surface area contributed by atoms with Gasteiger partial charge in [-0.3, -0.25) is 13.9 Å². The topological polar surface area (TPSA) is 95.6 Å². The molecule has 0 unspecified atom stereocenters. The van der Waals surface area contributed by atoms with Crippen LogP contribution >= 0.6 is 11.6 Å². The molecule has 178 valence electrons. The first-order chi connectivity index (χ1) is 16.2. The van der Waals surface area contributed by atoms with E-state index in [0.717, 1.165) is 16.1 Å². The van der Waals surface area contributed by atoms with Crippen molar-refractivity contribution in [1.82, 2.24) is 5.32 Å². The summed E-state index contributed by atoms with van der Waals surface area (Å²) in [4.78, 5) is 26.1. The molecule has 2 amide bonds. The normalized spacial score (nSPS) is 12.0. The van der Waals surface area contributed by atoms with Crippen molar-refractivity contribution in [1.29, 1.82) is 0 Å². The molecule has 0 aromatic heterocycles. The molecule has 0 radical (unpaired) electrons. The fourth-order valence-corrected chi connectivity index (χ4v) is 4.87. The molecule has 0 aliphatic carbocycles. The van der Waals surface area contributed by atoms with E-state index in [1.165, 1.54) is 0 Å². The Hall–Kier alpha value is -3.36. The number of amides is 2. The Morgan fingerprint density at radius 2 is 1.56 bits per heavy atom. The SMILES string of the molecule is CC[C@H](C(=O)Nc1ccccc1C(=O)NCc1ccccc1)N(c1ccc(Cl)cc1)S(C)(=O)=O. The van der Waals surface area contributed by atoms with Crippen LogP contribution in [0.1, 0.15) is 29.3 Å². The summed E-state index contributed by atoms with van der Waals surface area (Å²) >= 11 is 5.94. The maximum atomic E-state index is 13.3. The standard InChI is InChI=1S/C25H26ClN3O4S/c1-3-23(29(34(2,32)33)20-15-13-19(26)14-16-20)25(31)28-22-12-8-7-11-21(22)24(30)27-17-18-9-5-4-6-10-18/h4-16,23H,3,17H2,1-2H3,(H,27,30)(H,28,31)/t23-/m1/s1. The number of nitrogens with zero attached hydrogens (tertiary/aromatic N) is 1. The minimum Gasteiger partial charge on any atom is -0.348 e. The molecule has 0 saturated carbocycles. The van der Waals surface area contributed by atoms with Crippen LogP contribution in [0.25, 0.3) is 0 Å². The van der Waals surface area contributed by atoms with Crippen LogP contribution < -0.4 is 14.9 Å². The average Bonchev–Trinajstić information content (AvgIpc) is 2.82. The summed E-state index contributed by atoms with van der Waals surface area (Å²) in [6, 6.07) is 21.2. The van der Waals surface area contributed by atoms with Crippen LogP contribution in [0.5, 0.6) is 0 Å². The number of benzene rings is 3. The van der Waals surface area contributed by atoms with Crippen LogP contribution in [-0.2, 0) is 21.4 Å². The summed E-state index contributed by atoms with van der Waals surface area (Å²) in [7, 11) is -3.80. The number of nitrogens with one attached hydrogen (secondary N) is 2. The predicted octanol–water partition coefficient (Wildman–Crippen LogP) is 4.45. The fraction of sp³-hybridized carbons (Fsp3) is 0.200. The number of carbonyl (C=O) groups is 2. The minimum atomic E-state index is -3.80. The molecule has 3 aromatic rings. The van der Waals surface area contributed by atoms with E-state index in [1.807, 2.05) is 30.3 Å². The van der Waals surface area contributed by atoms with Gasteiger partial charge in [-0.05, 0) is 48.4 Å². The lowest BCUT2D eigenvalue weighted by atomic mass is 10.1. The zero-order chi connectivity index (χ0) is 24.7. The molecule has 0 aliphatic heterocycles. The number of hydrogen-bond acceptors (Lipinski definition) is 4. The molecule has 1 atom stereocenters. The second-order valence-corrected chi connectivity index (χ2v) is 9.96. The number of anilines is 2. The summed E-state index contributed by atoms with van der Waals surface area (Å²) in [6.07, 6.45) is 1.26. The van der Waals surface area contributed by atoms with Crippen molar-refractivity contribution >= 4 is 44.8 Å². The van der Waals surface area contributed by atoms with Gasteiger partial charge in [-0.25, -0.2) is 8.42 Å². The van der Waals surface area contributed by atoms with Crippen LogP contribution in [0.4, 0.5) is 11.4 Å². The van der Waals surface area contributed by atoms with Gasteiger partial charge >= 0.3 is 0 Å². The lowest BCUT2D eigenvalue weighted by molar-refractivity contribution is -0.117. The molecular formula is C25H26ClN3O4S. The van der Waals surface area contributed by atoms with Crippen LogP contribution in [-0.4, -0.2) is 32.5 Å². The van der Waals surface area contributed by atoms with Gasteiger partial charge in [0.15, 0.2) is 0 Å². The summed E-state index contributed by atoms with van der Waals surface area (Å²) in [5.41, 5.74) is 1.83. The summed E-state index contributed by atoms with van der Waals surface area (Å²) in [5.74, 6) is -0.906. The van der Waals surface area contributed by atoms with Gasteiger partial charge in [0, 0.05) is 11.6 Å². The molecule has 0 aliphatic rings. The predicted molar refractivity (Wildman–Crippen MR) is 136 cm³/mol. The highest BCUT2D eigenvalue weighted by Crippen LogP contribution is 2.25. The van der Waals surface area contributed by atoms with E-state index in [0.29, 0.717) is 22.9 Å². The lowest BCUT2D eigenvalue weighted by Crippen LogP contribution is -2.47. The van der Waals surface area contributed by atoms with Crippen LogP contribution in [0, 0.1) is 0 Å². The quantitative estimate of drug-likeness (QED) is 0.454. The van der Waals surface area contributed by atoms with E-state index >= 15 is 0 Å². The average molecular weight is 500 g/mol. The van der Waals surface area contributed by atoms with Gasteiger partial charge in [-0.1, -0.05) is 61.0 Å². The summed E-state index contributed by atoms with van der Waals surface area (Å²) < 4.78 is 26.3. The number of para-hydroxylation sites is 1. The highest BCUT2D eigenvalue weighted by atomic mass is 35.5. The highest BCUT2D eigenvalue weighted by molar-refractivity contribution is 7.92. The van der Waals surface area contributed by atoms with Crippen molar-refractivity contribution in [2.75, 3.05) is 15.9 Å². The van der Waals surface area contributed by atoms with E-state index in [4.69, 9.17) is 11.6 Å². The Morgan fingerprint density at radius 3 is 2.18 bits per heavy atom. The van der Waals surface area contributed by atoms with Crippen molar-refractivity contribution in [3.05, 3.63) is 95.0 Å². The van der Waals surface area contributed by atoms with E-state index in [-0.39, 0.29) is 17.9 Å². The van der Waals surface area contributed by atoms with Gasteiger partial charge in [0.05, 0.1) is 23.2 Å². The number of carbonyl (C=O) groups excluding carboxylic acids is 2. The molecule has 3 aromatic carbocycles. The van der Waals surface area contributed by atoms with Gasteiger partial charge in [0.1, 0.15) is 6.04 Å². The third-order valence-corrected chi connectivity index (χ3v) is 6.57. The van der Waals surface area contributed by atoms with E-state index in [1.54, 1.807) is 55.5 Å². The molecule has 0 heterocycles. The van der Waals surface area contributed by atoms with Crippen molar-refractivity contribution < 1.29 is 18.0 Å². The third-order valence-electron chi connectivity index (χ3n) is 5.14. The number of halogens is 1. The first kappa shape index (κ1) is 25.3. The Bertz CT molecular complexity index is 1250. The Balaban J connectivity index is 1.83. The molecule has 0 saturated heterocycles. The van der Waals surface area contributed by atoms with Gasteiger partial charge < -0.3 is 10.6 Å². The Kier molecular flexibility index (Phi) is 8.31. The molecule has 0 bridgehead atoms. The minimum absolute atomic E-state index is 0.212. The maximum Gasteiger partial charge on any atom is 0.253 e. The van der Waals surface area contributed by atoms with Crippen LogP contribution in [0.2, 0.25) is 5.02 Å². The monoisotopic (exact) mass is 499 g/mol. The zero-order valence-corrected chi connectivity index (χ0v) is 20.4. The van der Waals surface area contributed by atoms with Crippen molar-refractivity contribution in [2.45, 2.75) is 25.9 Å². The lowest BCUT2D eigenvalue weighted by Gasteiger charge is -2.30. The zero-order valence-electron chi connectivity index (χ0n) is 18.9. The largest absolute Gasteiger partial charge is 0.348 e. The maximum absolute atomic E-state index is 13.3. The highest BCUT2D eigenvalue weighted by Gasteiger charge is 2.32. The number of sulfonamides is 1. The number of hydrogen-bond donors (Lipinski definition) is 2. The molecule has 34 heavy (non-hydrogen) atoms. The fourth-order valence-electron chi connectivity index (χ4n) is 3.53. The second kappa shape index (κ2) is 11.2. The van der Waals surface area contributed by atoms with Gasteiger partial charge in [-0.2, -0.15) is 0 Å². The van der Waals surface area contributed by atoms with Crippen LogP contribution in [0.3, 0.4) is 0 Å². The molecular weight excluding hydrogens is 474 g/mol. The second-order valence-electron chi connectivity index (χ2n) is 7.66. The van der Waals surface area contributed by atoms with Gasteiger partial charge in [0.25, 0.3) is 5.91 Å². The molecule has 2 N–H and O–H groups in total. The first-order valence-electron chi connectivity index (χ1n) is 10.7. The van der Waals surface area contributed by atoms with E-state index in [9.17, 15) is 18.0 Å². The summed E-state index contributed by atoms with van der Waals surface area (Å²) in [6.45, 7) is 2.05. The first-order valence-corrected chi connectivity index (χ1v) is 12.9. The number of rotatable bonds is 9. The Morgan fingerprint density at radius 1 is 0.941 bits per heavy atom. The van der Waals surface area contributed by atoms with Crippen molar-refractivity contribution in [3.8, 4) is 0 Å².